The summed E-state index contributed by atoms with van der Waals surface area (Å²) in [6.45, 7) is 6.70. The van der Waals surface area contributed by atoms with Crippen molar-refractivity contribution in [1.29, 1.82) is 0 Å². The molecule has 0 spiro atoms. The minimum Gasteiger partial charge on any atom is -0.368 e. The monoisotopic (exact) mass is 394 g/mol. The number of thiocarbonyl (C=S) groups is 1. The number of hydrogen-bond donors (Lipinski definition) is 1. The van der Waals surface area contributed by atoms with Crippen LogP contribution in [0.2, 0.25) is 0 Å². The summed E-state index contributed by atoms with van der Waals surface area (Å²) in [5.74, 6) is 0.725. The smallest absolute Gasteiger partial charge is 0.368 e. The Kier molecular flexibility index (Phi) is 5.55. The zero-order chi connectivity index (χ0) is 19.6. The van der Waals surface area contributed by atoms with Gasteiger partial charge in [0.15, 0.2) is 5.11 Å². The van der Waals surface area contributed by atoms with Crippen LogP contribution in [0.1, 0.15) is 16.8 Å². The van der Waals surface area contributed by atoms with Gasteiger partial charge in [0.25, 0.3) is 0 Å². The second-order valence-electron chi connectivity index (χ2n) is 6.62. The Balaban J connectivity index is 1.57. The van der Waals surface area contributed by atoms with Crippen molar-refractivity contribution in [1.82, 2.24) is 9.88 Å². The predicted octanol–water partition coefficient (Wildman–Crippen LogP) is 4.24. The number of aryl methyl sites for hydroxylation is 2. The molecule has 1 aromatic carbocycles. The summed E-state index contributed by atoms with van der Waals surface area (Å²) in [7, 11) is 0. The fraction of sp³-hybridized carbons (Fsp3) is 0.368. The van der Waals surface area contributed by atoms with Crippen LogP contribution in [0.3, 0.4) is 0 Å². The topological polar surface area (TPSA) is 31.4 Å². The van der Waals surface area contributed by atoms with Crippen molar-refractivity contribution in [2.24, 2.45) is 0 Å². The van der Waals surface area contributed by atoms with E-state index in [2.05, 4.69) is 20.1 Å². The van der Waals surface area contributed by atoms with Crippen LogP contribution >= 0.6 is 12.2 Å². The van der Waals surface area contributed by atoms with Crippen LogP contribution in [-0.2, 0) is 6.18 Å². The molecule has 0 radical (unpaired) electrons. The van der Waals surface area contributed by atoms with Crippen LogP contribution < -0.4 is 10.2 Å². The third kappa shape index (κ3) is 4.88. The Morgan fingerprint density at radius 1 is 1.04 bits per heavy atom. The van der Waals surface area contributed by atoms with Crippen LogP contribution in [-0.4, -0.2) is 41.2 Å². The lowest BCUT2D eigenvalue weighted by Crippen LogP contribution is -2.50. The van der Waals surface area contributed by atoms with Gasteiger partial charge in [0.1, 0.15) is 5.82 Å². The van der Waals surface area contributed by atoms with Gasteiger partial charge in [0.05, 0.1) is 5.56 Å². The Morgan fingerprint density at radius 2 is 1.67 bits per heavy atom. The molecule has 4 nitrogen and oxygen atoms in total. The molecule has 2 heterocycles. The largest absolute Gasteiger partial charge is 0.416 e. The van der Waals surface area contributed by atoms with Crippen molar-refractivity contribution < 1.29 is 13.2 Å². The van der Waals surface area contributed by atoms with E-state index in [0.29, 0.717) is 31.3 Å². The Morgan fingerprint density at radius 3 is 2.22 bits per heavy atom. The number of rotatable bonds is 2. The van der Waals surface area contributed by atoms with Gasteiger partial charge in [-0.05, 0) is 68.0 Å². The van der Waals surface area contributed by atoms with Gasteiger partial charge in [-0.2, -0.15) is 13.2 Å². The van der Waals surface area contributed by atoms with Gasteiger partial charge in [-0.1, -0.05) is 0 Å². The number of nitrogens with zero attached hydrogens (tertiary/aromatic N) is 3. The highest BCUT2D eigenvalue weighted by Gasteiger charge is 2.30. The van der Waals surface area contributed by atoms with E-state index in [0.717, 1.165) is 34.9 Å². The normalized spacial score (nSPS) is 15.0. The van der Waals surface area contributed by atoms with E-state index in [1.54, 1.807) is 0 Å². The Labute approximate surface area is 162 Å². The fourth-order valence-electron chi connectivity index (χ4n) is 3.12. The number of aromatic nitrogens is 1. The molecule has 144 valence electrons. The molecule has 1 saturated heterocycles. The predicted molar refractivity (Wildman–Crippen MR) is 105 cm³/mol. The molecule has 1 aliphatic rings. The van der Waals surface area contributed by atoms with Crippen LogP contribution in [0.15, 0.2) is 36.4 Å². The van der Waals surface area contributed by atoms with E-state index in [1.807, 2.05) is 26.0 Å². The van der Waals surface area contributed by atoms with E-state index in [9.17, 15) is 13.2 Å². The van der Waals surface area contributed by atoms with Crippen LogP contribution in [0.25, 0.3) is 0 Å². The third-order valence-electron chi connectivity index (χ3n) is 4.46. The Hall–Kier alpha value is -2.35. The molecule has 0 saturated carbocycles. The van der Waals surface area contributed by atoms with E-state index in [1.165, 1.54) is 12.1 Å². The van der Waals surface area contributed by atoms with Crippen molar-refractivity contribution in [3.8, 4) is 0 Å². The summed E-state index contributed by atoms with van der Waals surface area (Å²) in [5, 5.41) is 3.79. The number of benzene rings is 1. The van der Waals surface area contributed by atoms with Crippen molar-refractivity contribution in [3.63, 3.8) is 0 Å². The van der Waals surface area contributed by atoms with Crippen LogP contribution in [0.4, 0.5) is 24.7 Å². The minimum atomic E-state index is -4.31. The highest BCUT2D eigenvalue weighted by Crippen LogP contribution is 2.30. The maximum atomic E-state index is 12.7. The van der Waals surface area contributed by atoms with Gasteiger partial charge < -0.3 is 15.1 Å². The third-order valence-corrected chi connectivity index (χ3v) is 4.82. The molecule has 1 N–H and O–H groups in total. The number of alkyl halides is 3. The summed E-state index contributed by atoms with van der Waals surface area (Å²) in [6.07, 6.45) is -4.31. The maximum Gasteiger partial charge on any atom is 0.416 e. The first kappa shape index (κ1) is 19.4. The lowest BCUT2D eigenvalue weighted by Gasteiger charge is -2.37. The minimum absolute atomic E-state index is 0.611. The lowest BCUT2D eigenvalue weighted by molar-refractivity contribution is -0.137. The molecule has 27 heavy (non-hydrogen) atoms. The van der Waals surface area contributed by atoms with Crippen molar-refractivity contribution >= 4 is 28.8 Å². The number of nitrogens with one attached hydrogen (secondary N) is 1. The molecule has 0 unspecified atom stereocenters. The van der Waals surface area contributed by atoms with Gasteiger partial charge >= 0.3 is 6.18 Å². The quantitative estimate of drug-likeness (QED) is 0.771. The van der Waals surface area contributed by atoms with Gasteiger partial charge in [0, 0.05) is 37.6 Å². The number of hydrogen-bond acceptors (Lipinski definition) is 3. The molecule has 1 fully saturated rings. The van der Waals surface area contributed by atoms with Crippen LogP contribution in [0.5, 0.6) is 0 Å². The zero-order valence-electron chi connectivity index (χ0n) is 15.2. The van der Waals surface area contributed by atoms with E-state index >= 15 is 0 Å². The summed E-state index contributed by atoms with van der Waals surface area (Å²) in [5.41, 5.74) is 2.20. The second-order valence-corrected chi connectivity index (χ2v) is 7.01. The highest BCUT2D eigenvalue weighted by atomic mass is 32.1. The van der Waals surface area contributed by atoms with E-state index in [4.69, 9.17) is 12.2 Å². The number of piperazine rings is 1. The number of pyridine rings is 1. The molecule has 3 rings (SSSR count). The first-order valence-corrected chi connectivity index (χ1v) is 9.06. The fourth-order valence-corrected chi connectivity index (χ4v) is 3.41. The average Bonchev–Trinajstić information content (AvgIpc) is 2.60. The molecule has 1 aromatic heterocycles. The van der Waals surface area contributed by atoms with Gasteiger partial charge in [-0.3, -0.25) is 0 Å². The lowest BCUT2D eigenvalue weighted by atomic mass is 10.1. The van der Waals surface area contributed by atoms with E-state index in [-0.39, 0.29) is 0 Å². The van der Waals surface area contributed by atoms with Gasteiger partial charge in [0.2, 0.25) is 0 Å². The SMILES string of the molecule is Cc1cc(C)nc(NC(=S)N2CCN(c3ccc(C(F)(F)F)cc3)CC2)c1. The highest BCUT2D eigenvalue weighted by molar-refractivity contribution is 7.80. The first-order valence-electron chi connectivity index (χ1n) is 8.66. The summed E-state index contributed by atoms with van der Waals surface area (Å²) in [6, 6.07) is 9.23. The molecule has 2 aromatic rings. The molecule has 0 aliphatic carbocycles. The molecule has 0 bridgehead atoms. The molecular formula is C19H21F3N4S. The van der Waals surface area contributed by atoms with Gasteiger partial charge in [-0.15, -0.1) is 0 Å². The summed E-state index contributed by atoms with van der Waals surface area (Å²) in [4.78, 5) is 8.55. The van der Waals surface area contributed by atoms with E-state index < -0.39 is 11.7 Å². The van der Waals surface area contributed by atoms with Crippen LogP contribution in [0, 0.1) is 13.8 Å². The first-order chi connectivity index (χ1) is 12.7. The van der Waals surface area contributed by atoms with Crippen molar-refractivity contribution in [2.45, 2.75) is 20.0 Å². The van der Waals surface area contributed by atoms with Gasteiger partial charge in [-0.25, -0.2) is 4.98 Å². The molecule has 1 aliphatic heterocycles. The summed E-state index contributed by atoms with van der Waals surface area (Å²) < 4.78 is 38.1. The number of anilines is 2. The molecule has 0 amide bonds. The molecular weight excluding hydrogens is 373 g/mol. The van der Waals surface area contributed by atoms with Crippen molar-refractivity contribution in [3.05, 3.63) is 53.2 Å². The summed E-state index contributed by atoms with van der Waals surface area (Å²) >= 11 is 5.49. The number of halogens is 3. The molecule has 8 heteroatoms. The Bertz CT molecular complexity index is 792. The average molecular weight is 394 g/mol. The zero-order valence-corrected chi connectivity index (χ0v) is 16.0. The molecule has 0 atom stereocenters. The maximum absolute atomic E-state index is 12.7. The standard InChI is InChI=1S/C19H21F3N4S/c1-13-11-14(2)23-17(12-13)24-18(27)26-9-7-25(8-10-26)16-5-3-15(4-6-16)19(20,21)22/h3-6,11-12H,7-10H2,1-2H3,(H,23,24,27). The second kappa shape index (κ2) is 7.72. The van der Waals surface area contributed by atoms with Crippen molar-refractivity contribution in [2.75, 3.05) is 36.4 Å².